The summed E-state index contributed by atoms with van der Waals surface area (Å²) in [6, 6.07) is 11.9. The molecule has 3 N–H and O–H groups in total. The van der Waals surface area contributed by atoms with E-state index in [4.69, 9.17) is 28.9 Å². The highest BCUT2D eigenvalue weighted by molar-refractivity contribution is 6.42. The summed E-state index contributed by atoms with van der Waals surface area (Å²) in [4.78, 5) is 13.9. The van der Waals surface area contributed by atoms with E-state index in [9.17, 15) is 9.90 Å². The van der Waals surface area contributed by atoms with Crippen molar-refractivity contribution in [1.29, 1.82) is 0 Å². The molecule has 0 spiro atoms. The van der Waals surface area contributed by atoms with E-state index in [1.54, 1.807) is 11.0 Å². The van der Waals surface area contributed by atoms with Gasteiger partial charge in [-0.15, -0.1) is 0 Å². The van der Waals surface area contributed by atoms with Gasteiger partial charge in [0.05, 0.1) is 10.0 Å². The number of nitrogens with zero attached hydrogens (tertiary/aromatic N) is 1. The number of halogens is 2. The maximum atomic E-state index is 12.2. The SMILES string of the molecule is CC(C)(C)N(C(=O)O)C1CCc2ccc(CN)cc2C1Cc1ccc(Cl)c(Cl)c1. The molecule has 1 aliphatic rings. The molecule has 1 aliphatic carbocycles. The van der Waals surface area contributed by atoms with Crippen LogP contribution in [0.2, 0.25) is 10.0 Å². The predicted octanol–water partition coefficient (Wildman–Crippen LogP) is 5.87. The normalized spacial score (nSPS) is 19.0. The molecule has 0 saturated heterocycles. The van der Waals surface area contributed by atoms with Gasteiger partial charge < -0.3 is 10.8 Å². The van der Waals surface area contributed by atoms with Crippen LogP contribution in [0, 0.1) is 0 Å². The Kier molecular flexibility index (Phi) is 6.47. The van der Waals surface area contributed by atoms with Crippen LogP contribution in [0.25, 0.3) is 0 Å². The van der Waals surface area contributed by atoms with E-state index in [1.165, 1.54) is 11.1 Å². The van der Waals surface area contributed by atoms with Gasteiger partial charge in [-0.05, 0) is 74.4 Å². The molecular weight excluding hydrogens is 407 g/mol. The van der Waals surface area contributed by atoms with Crippen molar-refractivity contribution in [3.05, 3.63) is 68.7 Å². The maximum absolute atomic E-state index is 12.2. The number of hydrogen-bond acceptors (Lipinski definition) is 2. The molecule has 0 saturated carbocycles. The van der Waals surface area contributed by atoms with Crippen molar-refractivity contribution in [2.45, 2.75) is 64.1 Å². The van der Waals surface area contributed by atoms with E-state index >= 15 is 0 Å². The Bertz CT molecular complexity index is 908. The van der Waals surface area contributed by atoms with Gasteiger partial charge in [0.15, 0.2) is 0 Å². The van der Waals surface area contributed by atoms with E-state index in [-0.39, 0.29) is 12.0 Å². The molecule has 6 heteroatoms. The van der Waals surface area contributed by atoms with Crippen molar-refractivity contribution in [3.63, 3.8) is 0 Å². The van der Waals surface area contributed by atoms with Gasteiger partial charge in [0, 0.05) is 24.0 Å². The molecule has 2 atom stereocenters. The molecule has 0 aliphatic heterocycles. The second kappa shape index (κ2) is 8.55. The number of rotatable bonds is 4. The molecule has 0 radical (unpaired) electrons. The molecule has 2 unspecified atom stereocenters. The second-order valence-electron chi connectivity index (χ2n) is 8.73. The summed E-state index contributed by atoms with van der Waals surface area (Å²) < 4.78 is 0. The van der Waals surface area contributed by atoms with E-state index in [0.29, 0.717) is 23.0 Å². The Labute approximate surface area is 182 Å². The molecule has 0 aromatic heterocycles. The third kappa shape index (κ3) is 4.71. The van der Waals surface area contributed by atoms with E-state index in [1.807, 2.05) is 32.9 Å². The van der Waals surface area contributed by atoms with Crippen molar-refractivity contribution in [2.24, 2.45) is 5.73 Å². The van der Waals surface area contributed by atoms with Gasteiger partial charge in [-0.25, -0.2) is 4.79 Å². The number of fused-ring (bicyclic) bond motifs is 1. The first kappa shape index (κ1) is 21.9. The van der Waals surface area contributed by atoms with Gasteiger partial charge in [0.1, 0.15) is 0 Å². The van der Waals surface area contributed by atoms with Crippen LogP contribution >= 0.6 is 23.2 Å². The quantitative estimate of drug-likeness (QED) is 0.631. The molecule has 2 aromatic rings. The third-order valence-corrected chi connectivity index (χ3v) is 6.46. The molecule has 4 nitrogen and oxygen atoms in total. The van der Waals surface area contributed by atoms with Crippen molar-refractivity contribution < 1.29 is 9.90 Å². The minimum Gasteiger partial charge on any atom is -0.465 e. The van der Waals surface area contributed by atoms with Gasteiger partial charge in [-0.2, -0.15) is 0 Å². The highest BCUT2D eigenvalue weighted by Gasteiger charge is 2.40. The van der Waals surface area contributed by atoms with Gasteiger partial charge in [0.25, 0.3) is 0 Å². The number of hydrogen-bond donors (Lipinski definition) is 2. The lowest BCUT2D eigenvalue weighted by Gasteiger charge is -2.46. The van der Waals surface area contributed by atoms with Gasteiger partial charge >= 0.3 is 6.09 Å². The molecule has 3 rings (SSSR count). The van der Waals surface area contributed by atoms with Gasteiger partial charge in [0.2, 0.25) is 0 Å². The Hall–Kier alpha value is -1.75. The second-order valence-corrected chi connectivity index (χ2v) is 9.54. The van der Waals surface area contributed by atoms with Crippen LogP contribution < -0.4 is 5.73 Å². The van der Waals surface area contributed by atoms with Gasteiger partial charge in [-0.1, -0.05) is 47.5 Å². The molecule has 0 bridgehead atoms. The number of benzene rings is 2. The lowest BCUT2D eigenvalue weighted by molar-refractivity contribution is 0.0545. The minimum absolute atomic E-state index is 0.0119. The van der Waals surface area contributed by atoms with Crippen molar-refractivity contribution in [3.8, 4) is 0 Å². The molecule has 0 heterocycles. The summed E-state index contributed by atoms with van der Waals surface area (Å²) in [5, 5.41) is 11.1. The fraction of sp³-hybridized carbons (Fsp3) is 0.435. The van der Waals surface area contributed by atoms with Gasteiger partial charge in [-0.3, -0.25) is 4.90 Å². The first-order valence-corrected chi connectivity index (χ1v) is 10.7. The largest absolute Gasteiger partial charge is 0.465 e. The fourth-order valence-corrected chi connectivity index (χ4v) is 4.78. The molecular formula is C23H28Cl2N2O2. The molecule has 156 valence electrons. The van der Waals surface area contributed by atoms with Crippen LogP contribution in [0.5, 0.6) is 0 Å². The minimum atomic E-state index is -0.889. The lowest BCUT2D eigenvalue weighted by atomic mass is 9.74. The number of carboxylic acid groups (broad SMARTS) is 1. The first-order valence-electron chi connectivity index (χ1n) is 9.89. The maximum Gasteiger partial charge on any atom is 0.408 e. The van der Waals surface area contributed by atoms with Crippen LogP contribution in [0.3, 0.4) is 0 Å². The highest BCUT2D eigenvalue weighted by atomic mass is 35.5. The van der Waals surface area contributed by atoms with Crippen molar-refractivity contribution in [2.75, 3.05) is 0 Å². The summed E-state index contributed by atoms with van der Waals surface area (Å²) in [7, 11) is 0. The monoisotopic (exact) mass is 434 g/mol. The Morgan fingerprint density at radius 2 is 1.83 bits per heavy atom. The standard InChI is InChI=1S/C23H28Cl2N2O2/c1-23(2,3)27(22(28)29)21-9-7-16-6-4-15(13-26)11-17(16)18(21)10-14-5-8-19(24)20(25)12-14/h4-6,8,11-12,18,21H,7,9-10,13,26H2,1-3H3,(H,28,29). The number of amides is 1. The fourth-order valence-electron chi connectivity index (χ4n) is 4.46. The Morgan fingerprint density at radius 1 is 1.14 bits per heavy atom. The number of carbonyl (C=O) groups is 1. The summed E-state index contributed by atoms with van der Waals surface area (Å²) in [5.41, 5.74) is 9.94. The van der Waals surface area contributed by atoms with Crippen LogP contribution in [-0.4, -0.2) is 27.7 Å². The zero-order valence-electron chi connectivity index (χ0n) is 17.1. The zero-order chi connectivity index (χ0) is 21.3. The highest BCUT2D eigenvalue weighted by Crippen LogP contribution is 2.40. The first-order chi connectivity index (χ1) is 13.6. The molecule has 2 aromatic carbocycles. The van der Waals surface area contributed by atoms with E-state index in [0.717, 1.165) is 24.0 Å². The zero-order valence-corrected chi connectivity index (χ0v) is 18.6. The number of nitrogens with two attached hydrogens (primary N) is 1. The van der Waals surface area contributed by atoms with E-state index in [2.05, 4.69) is 18.2 Å². The average Bonchev–Trinajstić information content (AvgIpc) is 2.64. The van der Waals surface area contributed by atoms with Crippen LogP contribution in [0.15, 0.2) is 36.4 Å². The average molecular weight is 435 g/mol. The Balaban J connectivity index is 2.09. The topological polar surface area (TPSA) is 66.6 Å². The smallest absolute Gasteiger partial charge is 0.408 e. The summed E-state index contributed by atoms with van der Waals surface area (Å²) in [5.74, 6) is 0.0119. The molecule has 1 amide bonds. The Morgan fingerprint density at radius 3 is 2.41 bits per heavy atom. The summed E-state index contributed by atoms with van der Waals surface area (Å²) >= 11 is 12.3. The van der Waals surface area contributed by atoms with Crippen molar-refractivity contribution in [1.82, 2.24) is 4.90 Å². The van der Waals surface area contributed by atoms with E-state index < -0.39 is 11.6 Å². The predicted molar refractivity (Wildman–Crippen MR) is 119 cm³/mol. The molecule has 29 heavy (non-hydrogen) atoms. The van der Waals surface area contributed by atoms with Crippen LogP contribution in [0.4, 0.5) is 4.79 Å². The summed E-state index contributed by atoms with van der Waals surface area (Å²) in [6.07, 6.45) is 1.43. The third-order valence-electron chi connectivity index (χ3n) is 5.72. The summed E-state index contributed by atoms with van der Waals surface area (Å²) in [6.45, 7) is 6.30. The van der Waals surface area contributed by atoms with Crippen LogP contribution in [0.1, 0.15) is 55.4 Å². The van der Waals surface area contributed by atoms with Crippen molar-refractivity contribution >= 4 is 29.3 Å². The molecule has 0 fully saturated rings. The lowest BCUT2D eigenvalue weighted by Crippen LogP contribution is -2.54. The number of aryl methyl sites for hydroxylation is 1. The van der Waals surface area contributed by atoms with Crippen LogP contribution in [-0.2, 0) is 19.4 Å².